The maximum Gasteiger partial charge on any atom is 0.0488 e. The molecule has 0 saturated carbocycles. The van der Waals surface area contributed by atoms with Gasteiger partial charge in [0.15, 0.2) is 0 Å². The summed E-state index contributed by atoms with van der Waals surface area (Å²) in [5, 5.41) is 0. The van der Waals surface area contributed by atoms with E-state index < -0.39 is 0 Å². The number of para-hydroxylation sites is 2. The molecular weight excluding hydrogens is 533 g/mol. The summed E-state index contributed by atoms with van der Waals surface area (Å²) in [6.45, 7) is 0. The third-order valence-electron chi connectivity index (χ3n) is 5.76. The first-order chi connectivity index (χ1) is 13.8. The van der Waals surface area contributed by atoms with Crippen molar-refractivity contribution in [3.05, 3.63) is 113 Å². The number of fused-ring (bicyclic) bond motifs is 5. The molecule has 1 aliphatic heterocycles. The van der Waals surface area contributed by atoms with Gasteiger partial charge in [-0.05, 0) is 35.0 Å². The zero-order chi connectivity index (χ0) is 18.7. The summed E-state index contributed by atoms with van der Waals surface area (Å²) in [6.07, 6.45) is 1.87. The summed E-state index contributed by atoms with van der Waals surface area (Å²) in [5.74, 6) is 0. The Labute approximate surface area is 183 Å². The van der Waals surface area contributed by atoms with E-state index in [1.807, 2.05) is 18.3 Å². The number of benzene rings is 3. The molecule has 0 unspecified atom stereocenters. The van der Waals surface area contributed by atoms with Crippen molar-refractivity contribution in [3.8, 4) is 11.3 Å². The van der Waals surface area contributed by atoms with Gasteiger partial charge >= 0.3 is 0 Å². The van der Waals surface area contributed by atoms with Crippen LogP contribution < -0.4 is 4.90 Å². The van der Waals surface area contributed by atoms with E-state index in [9.17, 15) is 0 Å². The van der Waals surface area contributed by atoms with Crippen LogP contribution in [0.1, 0.15) is 22.3 Å². The molecule has 4 aromatic rings. The van der Waals surface area contributed by atoms with Crippen LogP contribution in [0.3, 0.4) is 0 Å². The molecule has 6 rings (SSSR count). The SMILES string of the molecule is CN1c2ccccc2C(=C2c3ccc[c-]c3-c3ncccc32)c2ccccc21.[Ir]. The van der Waals surface area contributed by atoms with Gasteiger partial charge in [0.1, 0.15) is 0 Å². The smallest absolute Gasteiger partial charge is 0.0488 e. The van der Waals surface area contributed by atoms with Gasteiger partial charge in [-0.15, -0.1) is 29.8 Å². The van der Waals surface area contributed by atoms with E-state index in [0.29, 0.717) is 0 Å². The number of pyridine rings is 1. The molecule has 0 N–H and O–H groups in total. The number of hydrogen-bond donors (Lipinski definition) is 0. The molecule has 29 heavy (non-hydrogen) atoms. The van der Waals surface area contributed by atoms with Gasteiger partial charge in [0.2, 0.25) is 0 Å². The number of anilines is 2. The molecule has 3 aromatic carbocycles. The molecule has 2 heterocycles. The number of nitrogens with zero attached hydrogens (tertiary/aromatic N) is 2. The maximum absolute atomic E-state index is 4.70. The standard InChI is InChI=1S/C26H17N2.Ir/c1-28-22-14-6-4-11-19(22)25(20-12-5-7-15-23(20)28)24-17-9-2-3-10-18(17)26-21(24)13-8-16-27-26;/h2-9,11-16H,1H3;/q-1;. The fourth-order valence-corrected chi connectivity index (χ4v) is 4.56. The van der Waals surface area contributed by atoms with Gasteiger partial charge < -0.3 is 9.88 Å². The van der Waals surface area contributed by atoms with E-state index in [4.69, 9.17) is 4.98 Å². The zero-order valence-corrected chi connectivity index (χ0v) is 18.2. The van der Waals surface area contributed by atoms with Crippen LogP contribution in [-0.2, 0) is 20.1 Å². The monoisotopic (exact) mass is 550 g/mol. The first kappa shape index (κ1) is 18.1. The van der Waals surface area contributed by atoms with Crippen molar-refractivity contribution >= 4 is 22.5 Å². The van der Waals surface area contributed by atoms with E-state index in [-0.39, 0.29) is 20.1 Å². The van der Waals surface area contributed by atoms with Crippen molar-refractivity contribution in [1.29, 1.82) is 0 Å². The third kappa shape index (κ3) is 2.48. The van der Waals surface area contributed by atoms with E-state index in [2.05, 4.69) is 84.7 Å². The summed E-state index contributed by atoms with van der Waals surface area (Å²) in [7, 11) is 2.14. The molecule has 3 heteroatoms. The predicted molar refractivity (Wildman–Crippen MR) is 114 cm³/mol. The van der Waals surface area contributed by atoms with Crippen LogP contribution in [-0.4, -0.2) is 12.0 Å². The Morgan fingerprint density at radius 2 is 1.28 bits per heavy atom. The van der Waals surface area contributed by atoms with E-state index >= 15 is 0 Å². The molecule has 0 saturated heterocycles. The molecule has 0 bridgehead atoms. The second-order valence-corrected chi connectivity index (χ2v) is 7.20. The number of hydrogen-bond acceptors (Lipinski definition) is 2. The van der Waals surface area contributed by atoms with Crippen LogP contribution in [0.15, 0.2) is 85.1 Å². The van der Waals surface area contributed by atoms with Crippen LogP contribution >= 0.6 is 0 Å². The van der Waals surface area contributed by atoms with E-state index in [1.165, 1.54) is 44.8 Å². The molecule has 0 spiro atoms. The quantitative estimate of drug-likeness (QED) is 0.222. The molecule has 1 aromatic heterocycles. The largest absolute Gasteiger partial charge is 0.344 e. The Hall–Kier alpha value is -3.00. The summed E-state index contributed by atoms with van der Waals surface area (Å²) in [4.78, 5) is 6.98. The fourth-order valence-electron chi connectivity index (χ4n) is 4.56. The Morgan fingerprint density at radius 3 is 2.00 bits per heavy atom. The van der Waals surface area contributed by atoms with Crippen molar-refractivity contribution in [2.45, 2.75) is 0 Å². The van der Waals surface area contributed by atoms with Crippen LogP contribution in [0.5, 0.6) is 0 Å². The molecule has 0 amide bonds. The van der Waals surface area contributed by atoms with Crippen molar-refractivity contribution in [1.82, 2.24) is 4.98 Å². The Kier molecular flexibility index (Phi) is 4.24. The van der Waals surface area contributed by atoms with Gasteiger partial charge in [0.05, 0.1) is 0 Å². The zero-order valence-electron chi connectivity index (χ0n) is 15.8. The van der Waals surface area contributed by atoms with Crippen molar-refractivity contribution < 1.29 is 20.1 Å². The fraction of sp³-hybridized carbons (Fsp3) is 0.0385. The second kappa shape index (κ2) is 6.80. The second-order valence-electron chi connectivity index (χ2n) is 7.20. The molecule has 0 fully saturated rings. The summed E-state index contributed by atoms with van der Waals surface area (Å²) in [6, 6.07) is 31.2. The van der Waals surface area contributed by atoms with E-state index in [1.54, 1.807) is 0 Å². The average Bonchev–Trinajstić information content (AvgIpc) is 3.09. The molecule has 2 nitrogen and oxygen atoms in total. The average molecular weight is 550 g/mol. The first-order valence-corrected chi connectivity index (χ1v) is 9.48. The summed E-state index contributed by atoms with van der Waals surface area (Å²) >= 11 is 0. The number of rotatable bonds is 0. The van der Waals surface area contributed by atoms with Gasteiger partial charge in [-0.1, -0.05) is 53.6 Å². The topological polar surface area (TPSA) is 16.1 Å². The summed E-state index contributed by atoms with van der Waals surface area (Å²) in [5.41, 5.74) is 12.0. The molecule has 1 aliphatic carbocycles. The minimum atomic E-state index is 0. The minimum Gasteiger partial charge on any atom is -0.344 e. The van der Waals surface area contributed by atoms with Crippen molar-refractivity contribution in [2.24, 2.45) is 0 Å². The Balaban J connectivity index is 0.00000181. The molecule has 1 radical (unpaired) electrons. The van der Waals surface area contributed by atoms with Gasteiger partial charge in [-0.2, -0.15) is 0 Å². The Morgan fingerprint density at radius 1 is 0.690 bits per heavy atom. The first-order valence-electron chi connectivity index (χ1n) is 9.48. The van der Waals surface area contributed by atoms with Crippen LogP contribution in [0.2, 0.25) is 0 Å². The maximum atomic E-state index is 4.70. The molecule has 0 atom stereocenters. The van der Waals surface area contributed by atoms with Gasteiger partial charge in [0.25, 0.3) is 0 Å². The number of aromatic nitrogens is 1. The third-order valence-corrected chi connectivity index (χ3v) is 5.76. The van der Waals surface area contributed by atoms with Crippen molar-refractivity contribution in [3.63, 3.8) is 0 Å². The normalized spacial score (nSPS) is 13.2. The van der Waals surface area contributed by atoms with Crippen molar-refractivity contribution in [2.75, 3.05) is 11.9 Å². The predicted octanol–water partition coefficient (Wildman–Crippen LogP) is 5.95. The van der Waals surface area contributed by atoms with Gasteiger partial charge in [-0.3, -0.25) is 0 Å². The minimum absolute atomic E-state index is 0. The Bertz CT molecular complexity index is 1190. The van der Waals surface area contributed by atoms with Crippen LogP contribution in [0.4, 0.5) is 11.4 Å². The van der Waals surface area contributed by atoms with Crippen LogP contribution in [0, 0.1) is 6.07 Å². The summed E-state index contributed by atoms with van der Waals surface area (Å²) < 4.78 is 0. The van der Waals surface area contributed by atoms with Gasteiger partial charge in [0, 0.05) is 55.9 Å². The van der Waals surface area contributed by atoms with Crippen LogP contribution in [0.25, 0.3) is 22.4 Å². The molecular formula is C26H17IrN2-. The van der Waals surface area contributed by atoms with Gasteiger partial charge in [-0.25, -0.2) is 0 Å². The molecule has 141 valence electrons. The molecule has 2 aliphatic rings. The van der Waals surface area contributed by atoms with E-state index in [0.717, 1.165) is 11.3 Å².